The van der Waals surface area contributed by atoms with Crippen LogP contribution < -0.4 is 0 Å². The molecule has 2 aromatic carbocycles. The van der Waals surface area contributed by atoms with E-state index in [0.29, 0.717) is 11.5 Å². The highest BCUT2D eigenvalue weighted by Gasteiger charge is 2.23. The molecule has 0 saturated heterocycles. The maximum Gasteiger partial charge on any atom is 0.119 e. The number of benzene rings is 2. The van der Waals surface area contributed by atoms with E-state index in [1.54, 1.807) is 12.1 Å². The van der Waals surface area contributed by atoms with Crippen LogP contribution in [0.1, 0.15) is 47.9 Å². The van der Waals surface area contributed by atoms with Crippen LogP contribution in [0.2, 0.25) is 0 Å². The van der Waals surface area contributed by atoms with Crippen molar-refractivity contribution in [2.45, 2.75) is 39.5 Å². The Kier molecular flexibility index (Phi) is 4.33. The summed E-state index contributed by atoms with van der Waals surface area (Å²) in [6, 6.07) is 11.2. The standard InChI is InChI=1S/C18H22O2/c1-4-7-14(17-12(2)8-5-10-15(17)19)18-13(3)9-6-11-16(18)20/h5-6,8-11,14,19-20H,4,7H2,1-3H3. The maximum absolute atomic E-state index is 10.2. The first-order valence-electron chi connectivity index (χ1n) is 7.13. The van der Waals surface area contributed by atoms with Gasteiger partial charge in [-0.15, -0.1) is 0 Å². The van der Waals surface area contributed by atoms with E-state index in [1.165, 1.54) is 0 Å². The second-order valence-corrected chi connectivity index (χ2v) is 5.36. The van der Waals surface area contributed by atoms with Crippen molar-refractivity contribution in [3.8, 4) is 11.5 Å². The molecule has 0 unspecified atom stereocenters. The molecule has 20 heavy (non-hydrogen) atoms. The zero-order chi connectivity index (χ0) is 14.7. The van der Waals surface area contributed by atoms with Gasteiger partial charge < -0.3 is 10.2 Å². The minimum Gasteiger partial charge on any atom is -0.508 e. The Hall–Kier alpha value is -1.96. The molecule has 0 aliphatic heterocycles. The van der Waals surface area contributed by atoms with Gasteiger partial charge in [-0.1, -0.05) is 37.6 Å². The van der Waals surface area contributed by atoms with Crippen molar-refractivity contribution in [2.24, 2.45) is 0 Å². The fourth-order valence-electron chi connectivity index (χ4n) is 2.96. The van der Waals surface area contributed by atoms with Crippen LogP contribution in [0.25, 0.3) is 0 Å². The third kappa shape index (κ3) is 2.64. The van der Waals surface area contributed by atoms with E-state index in [2.05, 4.69) is 6.92 Å². The molecule has 2 nitrogen and oxygen atoms in total. The number of aromatic hydroxyl groups is 2. The molecule has 0 atom stereocenters. The lowest BCUT2D eigenvalue weighted by Crippen LogP contribution is -2.06. The van der Waals surface area contributed by atoms with Gasteiger partial charge in [0.05, 0.1) is 0 Å². The van der Waals surface area contributed by atoms with E-state index in [9.17, 15) is 10.2 Å². The van der Waals surface area contributed by atoms with E-state index in [1.807, 2.05) is 38.1 Å². The molecule has 0 saturated carbocycles. The number of hydrogen-bond donors (Lipinski definition) is 2. The Bertz CT molecular complexity index is 510. The lowest BCUT2D eigenvalue weighted by Gasteiger charge is -2.23. The van der Waals surface area contributed by atoms with Crippen molar-refractivity contribution in [3.63, 3.8) is 0 Å². The van der Waals surface area contributed by atoms with Crippen molar-refractivity contribution in [2.75, 3.05) is 0 Å². The third-order valence-corrected chi connectivity index (χ3v) is 3.88. The molecule has 0 aliphatic carbocycles. The van der Waals surface area contributed by atoms with Crippen LogP contribution in [0, 0.1) is 13.8 Å². The van der Waals surface area contributed by atoms with E-state index in [4.69, 9.17) is 0 Å². The molecule has 0 aromatic heterocycles. The molecule has 106 valence electrons. The van der Waals surface area contributed by atoms with Crippen LogP contribution in [0.5, 0.6) is 11.5 Å². The van der Waals surface area contributed by atoms with Crippen molar-refractivity contribution >= 4 is 0 Å². The van der Waals surface area contributed by atoms with Crippen LogP contribution in [0.4, 0.5) is 0 Å². The molecule has 0 aliphatic rings. The predicted octanol–water partition coefficient (Wildman–Crippen LogP) is 4.65. The summed E-state index contributed by atoms with van der Waals surface area (Å²) in [5.74, 6) is 0.652. The fourth-order valence-corrected chi connectivity index (χ4v) is 2.96. The first-order chi connectivity index (χ1) is 9.56. The van der Waals surface area contributed by atoms with E-state index < -0.39 is 0 Å². The molecular formula is C18H22O2. The monoisotopic (exact) mass is 270 g/mol. The largest absolute Gasteiger partial charge is 0.508 e. The highest BCUT2D eigenvalue weighted by Crippen LogP contribution is 2.41. The van der Waals surface area contributed by atoms with Crippen LogP contribution in [-0.4, -0.2) is 10.2 Å². The topological polar surface area (TPSA) is 40.5 Å². The van der Waals surface area contributed by atoms with Gasteiger partial charge in [0.2, 0.25) is 0 Å². The average Bonchev–Trinajstić information content (AvgIpc) is 2.38. The molecule has 0 heterocycles. The van der Waals surface area contributed by atoms with Crippen molar-refractivity contribution < 1.29 is 10.2 Å². The average molecular weight is 270 g/mol. The number of aryl methyl sites for hydroxylation is 2. The molecule has 0 radical (unpaired) electrons. The SMILES string of the molecule is CCCC(c1c(C)cccc1O)c1c(C)cccc1O. The van der Waals surface area contributed by atoms with Crippen LogP contribution >= 0.6 is 0 Å². The molecule has 2 heteroatoms. The third-order valence-electron chi connectivity index (χ3n) is 3.88. The van der Waals surface area contributed by atoms with Crippen LogP contribution in [0.15, 0.2) is 36.4 Å². The van der Waals surface area contributed by atoms with Gasteiger partial charge in [0.1, 0.15) is 11.5 Å². The maximum atomic E-state index is 10.2. The van der Waals surface area contributed by atoms with Crippen molar-refractivity contribution in [1.82, 2.24) is 0 Å². The molecule has 2 rings (SSSR count). The smallest absolute Gasteiger partial charge is 0.119 e. The molecule has 0 amide bonds. The molecule has 2 aromatic rings. The number of phenols is 2. The zero-order valence-corrected chi connectivity index (χ0v) is 12.4. The van der Waals surface area contributed by atoms with Gasteiger partial charge in [-0.25, -0.2) is 0 Å². The van der Waals surface area contributed by atoms with Crippen molar-refractivity contribution in [3.05, 3.63) is 58.7 Å². The molecule has 0 bridgehead atoms. The van der Waals surface area contributed by atoms with Gasteiger partial charge in [0.15, 0.2) is 0 Å². The minimum atomic E-state index is 0.0300. The lowest BCUT2D eigenvalue weighted by atomic mass is 9.82. The fraction of sp³-hybridized carbons (Fsp3) is 0.333. The van der Waals surface area contributed by atoms with Gasteiger partial charge >= 0.3 is 0 Å². The summed E-state index contributed by atoms with van der Waals surface area (Å²) in [7, 11) is 0. The van der Waals surface area contributed by atoms with Gasteiger partial charge in [0, 0.05) is 17.0 Å². The summed E-state index contributed by atoms with van der Waals surface area (Å²) in [6.07, 6.45) is 1.89. The van der Waals surface area contributed by atoms with E-state index in [-0.39, 0.29) is 5.92 Å². The van der Waals surface area contributed by atoms with Gasteiger partial charge in [-0.05, 0) is 43.5 Å². The first-order valence-corrected chi connectivity index (χ1v) is 7.13. The summed E-state index contributed by atoms with van der Waals surface area (Å²) in [4.78, 5) is 0. The Morgan fingerprint density at radius 1 is 0.850 bits per heavy atom. The summed E-state index contributed by atoms with van der Waals surface area (Å²) in [5, 5.41) is 20.5. The van der Waals surface area contributed by atoms with Gasteiger partial charge in [-0.3, -0.25) is 0 Å². The Labute approximate surface area is 120 Å². The summed E-state index contributed by atoms with van der Waals surface area (Å²) in [6.45, 7) is 6.14. The van der Waals surface area contributed by atoms with E-state index in [0.717, 1.165) is 35.1 Å². The lowest BCUT2D eigenvalue weighted by molar-refractivity contribution is 0.449. The highest BCUT2D eigenvalue weighted by molar-refractivity contribution is 5.51. The van der Waals surface area contributed by atoms with Crippen LogP contribution in [0.3, 0.4) is 0 Å². The number of phenolic OH excluding ortho intramolecular Hbond substituents is 2. The Balaban J connectivity index is 2.63. The van der Waals surface area contributed by atoms with E-state index >= 15 is 0 Å². The summed E-state index contributed by atoms with van der Waals surface area (Å²) in [5.41, 5.74) is 3.98. The summed E-state index contributed by atoms with van der Waals surface area (Å²) < 4.78 is 0. The molecule has 0 spiro atoms. The predicted molar refractivity (Wildman–Crippen MR) is 82.4 cm³/mol. The molecular weight excluding hydrogens is 248 g/mol. The normalized spacial score (nSPS) is 11.0. The molecule has 0 fully saturated rings. The van der Waals surface area contributed by atoms with Gasteiger partial charge in [-0.2, -0.15) is 0 Å². The number of hydrogen-bond acceptors (Lipinski definition) is 2. The molecule has 2 N–H and O–H groups in total. The minimum absolute atomic E-state index is 0.0300. The quantitative estimate of drug-likeness (QED) is 0.849. The number of rotatable bonds is 4. The van der Waals surface area contributed by atoms with Crippen LogP contribution in [-0.2, 0) is 0 Å². The summed E-state index contributed by atoms with van der Waals surface area (Å²) >= 11 is 0. The van der Waals surface area contributed by atoms with Gasteiger partial charge in [0.25, 0.3) is 0 Å². The first kappa shape index (κ1) is 14.4. The Morgan fingerprint density at radius 3 is 1.65 bits per heavy atom. The zero-order valence-electron chi connectivity index (χ0n) is 12.4. The van der Waals surface area contributed by atoms with Crippen molar-refractivity contribution in [1.29, 1.82) is 0 Å². The second-order valence-electron chi connectivity index (χ2n) is 5.36. The second kappa shape index (κ2) is 6.00. The highest BCUT2D eigenvalue weighted by atomic mass is 16.3. The Morgan fingerprint density at radius 2 is 1.30 bits per heavy atom.